The first kappa shape index (κ1) is 72.4. The molecule has 2 fully saturated rings. The van der Waals surface area contributed by atoms with E-state index in [1.807, 2.05) is 36.4 Å². The Labute approximate surface area is 576 Å². The highest BCUT2D eigenvalue weighted by atomic mass is 32.2. The zero-order chi connectivity index (χ0) is 69.4. The van der Waals surface area contributed by atoms with Crippen LogP contribution in [-0.2, 0) is 39.4 Å². The number of hydrogen-bond donors (Lipinski definition) is 6. The van der Waals surface area contributed by atoms with Crippen LogP contribution in [0.5, 0.6) is 0 Å². The smallest absolute Gasteiger partial charge is 0.294 e. The van der Waals surface area contributed by atoms with Crippen molar-refractivity contribution in [1.82, 2.24) is 24.9 Å². The van der Waals surface area contributed by atoms with Crippen molar-refractivity contribution in [3.8, 4) is 0 Å². The molecule has 7 aromatic rings. The Morgan fingerprint density at radius 1 is 0.557 bits per heavy atom. The van der Waals surface area contributed by atoms with Gasteiger partial charge in [-0.3, -0.25) is 28.3 Å². The molecule has 32 heteroatoms. The number of unbranched alkanes of at least 4 members (excludes halogenated alkanes) is 1. The lowest BCUT2D eigenvalue weighted by Gasteiger charge is -2.27. The molecule has 4 aromatic carbocycles. The average molecular weight is 1420 g/mol. The number of carbonyl (C=O) groups excluding carboxylic acids is 4. The number of aromatic nitrogens is 5. The van der Waals surface area contributed by atoms with Crippen molar-refractivity contribution in [2.45, 2.75) is 115 Å². The van der Waals surface area contributed by atoms with Crippen LogP contribution in [0.3, 0.4) is 0 Å². The van der Waals surface area contributed by atoms with Crippen molar-refractivity contribution in [3.63, 3.8) is 0 Å². The Bertz CT molecular complexity index is 4120. The molecule has 5 heterocycles. The lowest BCUT2D eigenvalue weighted by molar-refractivity contribution is -0.120. The number of piperidine rings is 2. The molecular formula is C65H77N17O10S5. The first-order valence-corrected chi connectivity index (χ1v) is 37.3. The summed E-state index contributed by atoms with van der Waals surface area (Å²) < 4.78 is 66.9. The van der Waals surface area contributed by atoms with Gasteiger partial charge in [-0.25, -0.2) is 0 Å². The van der Waals surface area contributed by atoms with Gasteiger partial charge in [0.1, 0.15) is 23.0 Å². The molecule has 0 saturated carbocycles. The van der Waals surface area contributed by atoms with Gasteiger partial charge in [0.25, 0.3) is 32.1 Å². The fourth-order valence-electron chi connectivity index (χ4n) is 10.6. The van der Waals surface area contributed by atoms with Crippen molar-refractivity contribution >= 4 is 169 Å². The number of benzene rings is 4. The predicted molar refractivity (Wildman–Crippen MR) is 384 cm³/mol. The van der Waals surface area contributed by atoms with E-state index in [4.69, 9.17) is 35.1 Å². The number of thioether (sulfide) groups is 1. The van der Waals surface area contributed by atoms with Gasteiger partial charge >= 0.3 is 0 Å². The Morgan fingerprint density at radius 2 is 0.969 bits per heavy atom. The third-order valence-electron chi connectivity index (χ3n) is 15.7. The number of nitrogens with zero attached hydrogens (tertiary/aromatic N) is 13. The first-order chi connectivity index (χ1) is 46.5. The normalized spacial score (nSPS) is 14.1. The molecule has 2 saturated heterocycles. The van der Waals surface area contributed by atoms with Gasteiger partial charge in [-0.15, -0.1) is 20.5 Å². The molecule has 2 amide bonds. The van der Waals surface area contributed by atoms with Crippen LogP contribution in [0.2, 0.25) is 0 Å². The number of rotatable bonds is 30. The third-order valence-corrected chi connectivity index (χ3v) is 20.1. The fourth-order valence-corrected chi connectivity index (χ4v) is 14.3. The molecule has 0 radical (unpaired) electrons. The topological polar surface area (TPSA) is 352 Å². The summed E-state index contributed by atoms with van der Waals surface area (Å²) in [4.78, 5) is 87.3. The minimum absolute atomic E-state index is 0.0507. The second-order valence-electron chi connectivity index (χ2n) is 22.5. The van der Waals surface area contributed by atoms with Crippen molar-refractivity contribution in [2.24, 2.45) is 20.5 Å². The van der Waals surface area contributed by atoms with Crippen molar-refractivity contribution in [1.29, 1.82) is 0 Å². The van der Waals surface area contributed by atoms with Crippen molar-refractivity contribution < 1.29 is 45.1 Å². The largest absolute Gasteiger partial charge is 0.372 e. The minimum atomic E-state index is -4.58. The Kier molecular flexibility index (Phi) is 24.9. The summed E-state index contributed by atoms with van der Waals surface area (Å²) in [5.74, 6) is -0.594. The quantitative estimate of drug-likeness (QED) is 0.00463. The highest BCUT2D eigenvalue weighted by Gasteiger charge is 2.26. The second kappa shape index (κ2) is 33.4. The number of carbonyl (C=O) groups is 4. The number of ketones is 2. The van der Waals surface area contributed by atoms with Gasteiger partial charge in [0.05, 0.1) is 42.1 Å². The highest BCUT2D eigenvalue weighted by Crippen LogP contribution is 2.41. The summed E-state index contributed by atoms with van der Waals surface area (Å²) in [6.45, 7) is 18.4. The van der Waals surface area contributed by atoms with Crippen LogP contribution in [0.15, 0.2) is 131 Å². The molecule has 0 bridgehead atoms. The van der Waals surface area contributed by atoms with E-state index in [-0.39, 0.29) is 44.7 Å². The van der Waals surface area contributed by atoms with Crippen LogP contribution < -0.4 is 40.9 Å². The van der Waals surface area contributed by atoms with Gasteiger partial charge in [0.2, 0.25) is 22.2 Å². The standard InChI is InChI=1S/C65H77N17O10S5/c1-8-13-34-93-63-73-61(68-53-37-45(79(9-2)10-3)26-28-51(53)75-77-64-70-57(81-30-16-14-17-31-81)55(94-64)39-49(41(6)83)59(85)66-43-22-20-24-47(35-43)96(87,88)89)72-62(74-63)69-54-38-46(80(11-4)12-5)27-29-52(54)76-78-65-71-58(82-32-18-15-19-33-82)56(95-65)40-50(42(7)84)60(86)67-44-23-21-25-48(36-44)97(90,91)92/h20-29,35-40H,8-19,30-34H2,1-7H3,(H,66,85)(H,67,86)(H,87,88,89)(H,90,91,92)(H2,68,69,72,73,74). The van der Waals surface area contributed by atoms with Gasteiger partial charge in [-0.05, 0) is 171 Å². The van der Waals surface area contributed by atoms with Crippen LogP contribution in [0.1, 0.15) is 110 Å². The fraction of sp³-hybridized carbons (Fsp3) is 0.369. The van der Waals surface area contributed by atoms with Crippen LogP contribution in [-0.4, -0.2) is 132 Å². The van der Waals surface area contributed by atoms with E-state index in [0.717, 1.165) is 103 Å². The van der Waals surface area contributed by atoms with E-state index in [0.29, 0.717) is 102 Å². The molecule has 512 valence electrons. The van der Waals surface area contributed by atoms with E-state index in [1.54, 1.807) is 0 Å². The first-order valence-electron chi connectivity index (χ1n) is 31.8. The van der Waals surface area contributed by atoms with Crippen LogP contribution in [0.25, 0.3) is 12.2 Å². The van der Waals surface area contributed by atoms with Crippen molar-refractivity contribution in [3.05, 3.63) is 106 Å². The Hall–Kier alpha value is -8.92. The average Bonchev–Trinajstić information content (AvgIpc) is 1.78. The zero-order valence-electron chi connectivity index (χ0n) is 54.8. The Morgan fingerprint density at radius 3 is 1.34 bits per heavy atom. The Balaban J connectivity index is 1.07. The van der Waals surface area contributed by atoms with E-state index >= 15 is 0 Å². The molecule has 9 rings (SSSR count). The van der Waals surface area contributed by atoms with Crippen LogP contribution in [0.4, 0.5) is 79.3 Å². The number of hydrogen-bond acceptors (Lipinski definition) is 26. The molecule has 0 aliphatic carbocycles. The molecule has 97 heavy (non-hydrogen) atoms. The van der Waals surface area contributed by atoms with E-state index in [1.165, 1.54) is 74.2 Å². The van der Waals surface area contributed by atoms with Crippen LogP contribution in [0, 0.1) is 0 Å². The summed E-state index contributed by atoms with van der Waals surface area (Å²) in [6.07, 6.45) is 10.4. The van der Waals surface area contributed by atoms with E-state index in [2.05, 4.69) is 85.7 Å². The maximum Gasteiger partial charge on any atom is 0.294 e. The highest BCUT2D eigenvalue weighted by molar-refractivity contribution is 7.99. The monoisotopic (exact) mass is 1420 g/mol. The van der Waals surface area contributed by atoms with E-state index < -0.39 is 53.4 Å². The number of amides is 2. The summed E-state index contributed by atoms with van der Waals surface area (Å²) >= 11 is 3.74. The predicted octanol–water partition coefficient (Wildman–Crippen LogP) is 14.4. The van der Waals surface area contributed by atoms with Crippen LogP contribution >= 0.6 is 34.4 Å². The maximum atomic E-state index is 13.8. The minimum Gasteiger partial charge on any atom is -0.372 e. The molecule has 2 aliphatic heterocycles. The van der Waals surface area contributed by atoms with Gasteiger partial charge in [0.15, 0.2) is 16.7 Å². The maximum absolute atomic E-state index is 13.8. The number of azo groups is 2. The molecule has 2 aliphatic rings. The lowest BCUT2D eigenvalue weighted by Crippen LogP contribution is -2.30. The number of nitrogens with one attached hydrogen (secondary N) is 4. The molecule has 0 atom stereocenters. The number of Topliss-reactive ketones (excluding diaryl/α,β-unsaturated/α-hetero) is 2. The SMILES string of the molecule is CCCCSc1nc(Nc2cc(N(CC)CC)ccc2N=Nc2nc(N3CCCCC3)c(C=C(C(C)=O)C(=O)Nc3cccc(S(=O)(=O)O)c3)s2)nc(Nc2cc(N(CC)CC)ccc2N=Nc2nc(N3CCCCC3)c(C=C(C(C)=O)C(=O)Nc3cccc(S(=O)(=O)O)c3)s2)n1. The van der Waals surface area contributed by atoms with Gasteiger partial charge < -0.3 is 40.9 Å². The van der Waals surface area contributed by atoms with Crippen molar-refractivity contribution in [2.75, 3.05) is 99.0 Å². The summed E-state index contributed by atoms with van der Waals surface area (Å²) in [6, 6.07) is 21.6. The number of thiazole rings is 2. The summed E-state index contributed by atoms with van der Waals surface area (Å²) in [7, 11) is -9.16. The number of anilines is 10. The van der Waals surface area contributed by atoms with Gasteiger partial charge in [-0.2, -0.15) is 41.8 Å². The molecule has 3 aromatic heterocycles. The molecule has 27 nitrogen and oxygen atoms in total. The molecule has 0 unspecified atom stereocenters. The summed E-state index contributed by atoms with van der Waals surface area (Å²) in [5, 5.41) is 31.9. The van der Waals surface area contributed by atoms with Gasteiger partial charge in [-0.1, -0.05) is 59.9 Å². The molecular weight excluding hydrogens is 1340 g/mol. The second-order valence-corrected chi connectivity index (χ2v) is 28.4. The van der Waals surface area contributed by atoms with Gasteiger partial charge in [0, 0.05) is 80.9 Å². The lowest BCUT2D eigenvalue weighted by atomic mass is 10.1. The zero-order valence-corrected chi connectivity index (χ0v) is 58.9. The van der Waals surface area contributed by atoms with E-state index in [9.17, 15) is 45.1 Å². The molecule has 0 spiro atoms. The summed E-state index contributed by atoms with van der Waals surface area (Å²) in [5.41, 5.74) is 3.22. The third kappa shape index (κ3) is 19.4. The molecule has 6 N–H and O–H groups in total.